The van der Waals surface area contributed by atoms with Crippen molar-refractivity contribution in [3.8, 4) is 5.75 Å². The molecule has 2 aromatic carbocycles. The Labute approximate surface area is 187 Å². The van der Waals surface area contributed by atoms with Crippen LogP contribution in [0, 0.1) is 0 Å². The summed E-state index contributed by atoms with van der Waals surface area (Å²) >= 11 is 0. The lowest BCUT2D eigenvalue weighted by molar-refractivity contribution is -0.139. The molecular weight excluding hydrogens is 412 g/mol. The number of carbonyl (C=O) groups is 3. The fraction of sp³-hybridized carbons (Fsp3) is 0.375. The molecule has 0 bridgehead atoms. The zero-order valence-electron chi connectivity index (χ0n) is 18.6. The summed E-state index contributed by atoms with van der Waals surface area (Å²) in [5.41, 5.74) is 0.951. The van der Waals surface area contributed by atoms with Crippen molar-refractivity contribution in [3.05, 3.63) is 65.7 Å². The lowest BCUT2D eigenvalue weighted by Gasteiger charge is -2.22. The first kappa shape index (κ1) is 24.7. The molecule has 0 spiro atoms. The Balaban J connectivity index is 1.76. The molecule has 8 nitrogen and oxygen atoms in total. The van der Waals surface area contributed by atoms with Gasteiger partial charge in [0.2, 0.25) is 5.91 Å². The molecule has 0 aliphatic heterocycles. The van der Waals surface area contributed by atoms with Gasteiger partial charge in [0.25, 0.3) is 0 Å². The molecule has 172 valence electrons. The number of alkyl carbamates (subject to hydrolysis) is 1. The number of hydrogen-bond donors (Lipinski definition) is 3. The van der Waals surface area contributed by atoms with E-state index in [1.165, 1.54) is 0 Å². The second-order valence-corrected chi connectivity index (χ2v) is 8.25. The Kier molecular flexibility index (Phi) is 9.07. The van der Waals surface area contributed by atoms with Gasteiger partial charge in [-0.25, -0.2) is 9.59 Å². The minimum Gasteiger partial charge on any atom is -0.492 e. The summed E-state index contributed by atoms with van der Waals surface area (Å²) in [6.07, 6.45) is -0.360. The first-order valence-electron chi connectivity index (χ1n) is 10.4. The maximum absolute atomic E-state index is 11.9. The van der Waals surface area contributed by atoms with E-state index in [0.29, 0.717) is 25.3 Å². The number of ether oxygens (including phenoxy) is 2. The van der Waals surface area contributed by atoms with E-state index >= 15 is 0 Å². The SMILES string of the molecule is CC(C)(C)OC(=O)N[C@@H](Cc1ccc(OCCNC(=O)Cc2ccccc2)cc1)C(=O)O. The Morgan fingerprint density at radius 1 is 0.969 bits per heavy atom. The average molecular weight is 443 g/mol. The molecule has 0 radical (unpaired) electrons. The van der Waals surface area contributed by atoms with Gasteiger partial charge in [0.05, 0.1) is 13.0 Å². The fourth-order valence-corrected chi connectivity index (χ4v) is 2.81. The van der Waals surface area contributed by atoms with Crippen LogP contribution in [0.1, 0.15) is 31.9 Å². The molecule has 0 aliphatic rings. The Morgan fingerprint density at radius 3 is 2.22 bits per heavy atom. The maximum Gasteiger partial charge on any atom is 0.408 e. The van der Waals surface area contributed by atoms with Crippen LogP contribution in [-0.4, -0.2) is 47.9 Å². The largest absolute Gasteiger partial charge is 0.492 e. The van der Waals surface area contributed by atoms with E-state index in [-0.39, 0.29) is 12.3 Å². The van der Waals surface area contributed by atoms with Crippen LogP contribution in [0.15, 0.2) is 54.6 Å². The van der Waals surface area contributed by atoms with Crippen molar-refractivity contribution in [2.45, 2.75) is 45.3 Å². The van der Waals surface area contributed by atoms with Crippen LogP contribution >= 0.6 is 0 Å². The van der Waals surface area contributed by atoms with Crippen molar-refractivity contribution in [2.75, 3.05) is 13.2 Å². The second-order valence-electron chi connectivity index (χ2n) is 8.25. The highest BCUT2D eigenvalue weighted by Gasteiger charge is 2.24. The molecule has 2 aromatic rings. The molecule has 3 N–H and O–H groups in total. The van der Waals surface area contributed by atoms with Crippen molar-refractivity contribution in [3.63, 3.8) is 0 Å². The monoisotopic (exact) mass is 442 g/mol. The standard InChI is InChI=1S/C24H30N2O6/c1-24(2,3)32-23(30)26-20(22(28)29)15-18-9-11-19(12-10-18)31-14-13-25-21(27)16-17-7-5-4-6-8-17/h4-12,20H,13-16H2,1-3H3,(H,25,27)(H,26,30)(H,28,29)/t20-/m0/s1. The number of carbonyl (C=O) groups excluding carboxylic acids is 2. The van der Waals surface area contributed by atoms with Crippen molar-refractivity contribution < 1.29 is 29.0 Å². The van der Waals surface area contributed by atoms with E-state index in [1.807, 2.05) is 30.3 Å². The first-order chi connectivity index (χ1) is 15.1. The van der Waals surface area contributed by atoms with E-state index in [4.69, 9.17) is 9.47 Å². The van der Waals surface area contributed by atoms with Gasteiger partial charge in [-0.05, 0) is 44.0 Å². The van der Waals surface area contributed by atoms with Gasteiger partial charge < -0.3 is 25.2 Å². The molecule has 0 aromatic heterocycles. The van der Waals surface area contributed by atoms with Crippen molar-refractivity contribution in [2.24, 2.45) is 0 Å². The molecule has 8 heteroatoms. The highest BCUT2D eigenvalue weighted by Crippen LogP contribution is 2.14. The van der Waals surface area contributed by atoms with Crippen molar-refractivity contribution in [1.82, 2.24) is 10.6 Å². The van der Waals surface area contributed by atoms with Crippen LogP contribution in [-0.2, 0) is 27.2 Å². The quantitative estimate of drug-likeness (QED) is 0.488. The number of hydrogen-bond acceptors (Lipinski definition) is 5. The summed E-state index contributed by atoms with van der Waals surface area (Å²) in [5, 5.41) is 14.6. The lowest BCUT2D eigenvalue weighted by atomic mass is 10.1. The minimum absolute atomic E-state index is 0.0765. The van der Waals surface area contributed by atoms with E-state index < -0.39 is 23.7 Å². The van der Waals surface area contributed by atoms with E-state index in [2.05, 4.69) is 10.6 Å². The van der Waals surface area contributed by atoms with E-state index in [0.717, 1.165) is 11.1 Å². The Morgan fingerprint density at radius 2 is 1.62 bits per heavy atom. The predicted molar refractivity (Wildman–Crippen MR) is 120 cm³/mol. The highest BCUT2D eigenvalue weighted by molar-refractivity contribution is 5.80. The van der Waals surface area contributed by atoms with Gasteiger partial charge in [0.15, 0.2) is 0 Å². The zero-order valence-corrected chi connectivity index (χ0v) is 18.6. The van der Waals surface area contributed by atoms with Gasteiger partial charge in [0, 0.05) is 6.42 Å². The summed E-state index contributed by atoms with van der Waals surface area (Å²) in [5.74, 6) is -0.632. The normalized spacial score (nSPS) is 11.8. The van der Waals surface area contributed by atoms with Crippen LogP contribution in [0.2, 0.25) is 0 Å². The molecule has 0 unspecified atom stereocenters. The van der Waals surface area contributed by atoms with Crippen molar-refractivity contribution in [1.29, 1.82) is 0 Å². The minimum atomic E-state index is -1.15. The summed E-state index contributed by atoms with van der Waals surface area (Å²) < 4.78 is 10.7. The number of aliphatic carboxylic acids is 1. The number of nitrogens with one attached hydrogen (secondary N) is 2. The molecule has 0 saturated heterocycles. The van der Waals surface area contributed by atoms with Crippen LogP contribution < -0.4 is 15.4 Å². The highest BCUT2D eigenvalue weighted by atomic mass is 16.6. The number of amides is 2. The molecular formula is C24H30N2O6. The summed E-state index contributed by atoms with van der Waals surface area (Å²) in [7, 11) is 0. The summed E-state index contributed by atoms with van der Waals surface area (Å²) in [4.78, 5) is 35.3. The van der Waals surface area contributed by atoms with E-state index in [1.54, 1.807) is 45.0 Å². The summed E-state index contributed by atoms with van der Waals surface area (Å²) in [6, 6.07) is 15.3. The lowest BCUT2D eigenvalue weighted by Crippen LogP contribution is -2.44. The molecule has 0 saturated carbocycles. The first-order valence-corrected chi connectivity index (χ1v) is 10.4. The molecule has 0 aliphatic carbocycles. The number of rotatable bonds is 10. The van der Waals surface area contributed by atoms with Crippen LogP contribution in [0.25, 0.3) is 0 Å². The number of carboxylic acid groups (broad SMARTS) is 1. The maximum atomic E-state index is 11.9. The van der Waals surface area contributed by atoms with Gasteiger partial charge in [-0.15, -0.1) is 0 Å². The van der Waals surface area contributed by atoms with Crippen LogP contribution in [0.3, 0.4) is 0 Å². The van der Waals surface area contributed by atoms with Crippen molar-refractivity contribution >= 4 is 18.0 Å². The van der Waals surface area contributed by atoms with Gasteiger partial charge >= 0.3 is 12.1 Å². The molecule has 2 rings (SSSR count). The topological polar surface area (TPSA) is 114 Å². The molecule has 2 amide bonds. The molecule has 1 atom stereocenters. The molecule has 0 fully saturated rings. The third kappa shape index (κ3) is 9.51. The summed E-state index contributed by atoms with van der Waals surface area (Å²) in [6.45, 7) is 5.79. The van der Waals surface area contributed by atoms with Gasteiger partial charge in [-0.1, -0.05) is 42.5 Å². The average Bonchev–Trinajstić information content (AvgIpc) is 2.71. The molecule has 0 heterocycles. The predicted octanol–water partition coefficient (Wildman–Crippen LogP) is 2.94. The Bertz CT molecular complexity index is 891. The third-order valence-electron chi connectivity index (χ3n) is 4.25. The smallest absolute Gasteiger partial charge is 0.408 e. The number of benzene rings is 2. The van der Waals surface area contributed by atoms with Gasteiger partial charge in [0.1, 0.15) is 24.0 Å². The number of carboxylic acids is 1. The Hall–Kier alpha value is -3.55. The van der Waals surface area contributed by atoms with Gasteiger partial charge in [-0.3, -0.25) is 4.79 Å². The molecule has 32 heavy (non-hydrogen) atoms. The second kappa shape index (κ2) is 11.7. The zero-order chi connectivity index (χ0) is 23.6. The third-order valence-corrected chi connectivity index (χ3v) is 4.25. The fourth-order valence-electron chi connectivity index (χ4n) is 2.81. The van der Waals surface area contributed by atoms with Gasteiger partial charge in [-0.2, -0.15) is 0 Å². The van der Waals surface area contributed by atoms with E-state index in [9.17, 15) is 19.5 Å². The van der Waals surface area contributed by atoms with Crippen LogP contribution in [0.5, 0.6) is 5.75 Å². The van der Waals surface area contributed by atoms with Crippen LogP contribution in [0.4, 0.5) is 4.79 Å².